The van der Waals surface area contributed by atoms with Crippen LogP contribution in [0, 0.1) is 0 Å². The molecule has 3 heterocycles. The van der Waals surface area contributed by atoms with E-state index in [2.05, 4.69) is 19.8 Å². The molecule has 0 N–H and O–H groups in total. The number of sulfone groups is 1. The summed E-state index contributed by atoms with van der Waals surface area (Å²) in [4.78, 5) is 48.2. The van der Waals surface area contributed by atoms with E-state index in [0.717, 1.165) is 30.7 Å². The molecular formula is C14H15N4NaO9S. The molecule has 0 bridgehead atoms. The first kappa shape index (κ1) is 23.3. The number of hydrogen-bond donors (Lipinski definition) is 0. The smallest absolute Gasteiger partial charge is 0.548 e. The molecule has 2 saturated heterocycles. The number of carboxylic acids is 1. The first-order chi connectivity index (χ1) is 13.0. The number of β-lactam (4-membered cyclic amide) rings is 1. The van der Waals surface area contributed by atoms with Crippen LogP contribution < -0.4 is 34.7 Å². The third-order valence-corrected chi connectivity index (χ3v) is 7.75. The molecule has 15 heteroatoms. The zero-order chi connectivity index (χ0) is 21.0. The van der Waals surface area contributed by atoms with Crippen molar-refractivity contribution in [2.24, 2.45) is 0 Å². The molecule has 1 aromatic rings. The van der Waals surface area contributed by atoms with Gasteiger partial charge >= 0.3 is 41.5 Å². The van der Waals surface area contributed by atoms with E-state index in [-0.39, 0.29) is 36.0 Å². The van der Waals surface area contributed by atoms with E-state index in [0.29, 0.717) is 0 Å². The maximum Gasteiger partial charge on any atom is 1.00 e. The van der Waals surface area contributed by atoms with E-state index < -0.39 is 67.7 Å². The Morgan fingerprint density at radius 2 is 1.83 bits per heavy atom. The van der Waals surface area contributed by atoms with E-state index in [1.54, 1.807) is 0 Å². The fourth-order valence-corrected chi connectivity index (χ4v) is 5.87. The summed E-state index contributed by atoms with van der Waals surface area (Å²) < 4.78 is 33.6. The molecule has 0 radical (unpaired) electrons. The Morgan fingerprint density at radius 1 is 1.24 bits per heavy atom. The summed E-state index contributed by atoms with van der Waals surface area (Å²) in [5.41, 5.74) is -1.04. The van der Waals surface area contributed by atoms with Crippen molar-refractivity contribution in [1.82, 2.24) is 19.9 Å². The Balaban J connectivity index is 0.00000300. The molecule has 3 rings (SSSR count). The van der Waals surface area contributed by atoms with Gasteiger partial charge in [0.25, 0.3) is 0 Å². The number of rotatable bonds is 5. The monoisotopic (exact) mass is 438 g/mol. The Labute approximate surface area is 186 Å². The van der Waals surface area contributed by atoms with E-state index in [4.69, 9.17) is 0 Å². The number of fused-ring (bicyclic) bond motifs is 1. The van der Waals surface area contributed by atoms with Gasteiger partial charge < -0.3 is 24.3 Å². The van der Waals surface area contributed by atoms with Crippen molar-refractivity contribution in [3.05, 3.63) is 11.4 Å². The number of aliphatic carboxylic acids is 1. The van der Waals surface area contributed by atoms with Crippen LogP contribution in [0.3, 0.4) is 0 Å². The van der Waals surface area contributed by atoms with Crippen molar-refractivity contribution in [2.75, 3.05) is 14.2 Å². The number of carbonyl (C=O) groups is 4. The number of aromatic nitrogens is 3. The Bertz CT molecular complexity index is 1010. The van der Waals surface area contributed by atoms with Gasteiger partial charge in [-0.1, -0.05) is 5.21 Å². The van der Waals surface area contributed by atoms with Crippen LogP contribution >= 0.6 is 0 Å². The second-order valence-corrected chi connectivity index (χ2v) is 9.03. The number of methoxy groups -OCH3 is 2. The molecule has 0 unspecified atom stereocenters. The summed E-state index contributed by atoms with van der Waals surface area (Å²) in [5, 5.41) is 17.5. The van der Waals surface area contributed by atoms with Gasteiger partial charge in [0.2, 0.25) is 11.6 Å². The first-order valence-electron chi connectivity index (χ1n) is 7.86. The van der Waals surface area contributed by atoms with Crippen LogP contribution in [0.25, 0.3) is 0 Å². The average Bonchev–Trinajstić information content (AvgIpc) is 3.09. The van der Waals surface area contributed by atoms with Gasteiger partial charge in [-0.3, -0.25) is 4.79 Å². The van der Waals surface area contributed by atoms with Gasteiger partial charge in [0.15, 0.2) is 15.5 Å². The van der Waals surface area contributed by atoms with Crippen molar-refractivity contribution < 1.29 is 71.7 Å². The van der Waals surface area contributed by atoms with Crippen molar-refractivity contribution in [3.8, 4) is 0 Å². The Hall–Kier alpha value is -2.03. The van der Waals surface area contributed by atoms with Crippen LogP contribution in [0.1, 0.15) is 34.3 Å². The molecular weight excluding hydrogens is 423 g/mol. The summed E-state index contributed by atoms with van der Waals surface area (Å²) in [7, 11) is -2.14. The third kappa shape index (κ3) is 3.14. The van der Waals surface area contributed by atoms with E-state index in [1.165, 1.54) is 0 Å². The summed E-state index contributed by atoms with van der Waals surface area (Å²) in [6.45, 7) is 0.414. The third-order valence-electron chi connectivity index (χ3n) is 4.99. The minimum Gasteiger partial charge on any atom is -0.548 e. The van der Waals surface area contributed by atoms with Crippen LogP contribution in [0.15, 0.2) is 0 Å². The second kappa shape index (κ2) is 7.66. The van der Waals surface area contributed by atoms with Crippen LogP contribution in [0.4, 0.5) is 0 Å². The fraction of sp³-hybridized carbons (Fsp3) is 0.571. The van der Waals surface area contributed by atoms with Gasteiger partial charge in [-0.2, -0.15) is 0 Å². The molecule has 29 heavy (non-hydrogen) atoms. The molecule has 1 aromatic heterocycles. The van der Waals surface area contributed by atoms with Crippen LogP contribution in [-0.4, -0.2) is 82.5 Å². The number of carbonyl (C=O) groups excluding carboxylic acids is 4. The normalized spacial score (nSPS) is 26.7. The minimum absolute atomic E-state index is 0. The average molecular weight is 438 g/mol. The predicted octanol–water partition coefficient (Wildman–Crippen LogP) is -6.28. The van der Waals surface area contributed by atoms with E-state index in [1.807, 2.05) is 0 Å². The molecule has 13 nitrogen and oxygen atoms in total. The standard InChI is InChI=1S/C14H16N4O9S.Na/c1-14(10(11(20)21)18-6(19)4-7(18)28(14,24)25)5-17-9(13(23)27-3)8(15-16-17)12(22)26-2;/h7,10H,4-5H2,1-3H3,(H,20,21);/q;+1/p-1/t7-,10+,14+;/m1./s1. The Morgan fingerprint density at radius 3 is 2.31 bits per heavy atom. The number of esters is 2. The zero-order valence-electron chi connectivity index (χ0n) is 15.9. The van der Waals surface area contributed by atoms with Gasteiger partial charge in [-0.05, 0) is 6.92 Å². The molecule has 0 saturated carbocycles. The topological polar surface area (TPSA) is 178 Å². The SMILES string of the molecule is COC(=O)c1nnn(C[C@@]2(C)[C@H](C(=O)[O-])N3C(=O)C[C@H]3S2(=O)=O)c1C(=O)OC.[Na+]. The van der Waals surface area contributed by atoms with Gasteiger partial charge in [-0.25, -0.2) is 22.7 Å². The molecule has 2 aliphatic heterocycles. The minimum atomic E-state index is -4.19. The number of carboxylic acid groups (broad SMARTS) is 1. The predicted molar refractivity (Wildman–Crippen MR) is 84.1 cm³/mol. The number of amides is 1. The van der Waals surface area contributed by atoms with Gasteiger partial charge in [-0.15, -0.1) is 5.10 Å². The number of ether oxygens (including phenoxy) is 2. The van der Waals surface area contributed by atoms with Gasteiger partial charge in [0.1, 0.15) is 10.1 Å². The Kier molecular flexibility index (Phi) is 6.14. The maximum atomic E-state index is 12.9. The fourth-order valence-electron chi connectivity index (χ4n) is 3.52. The number of nitrogens with zero attached hydrogens (tertiary/aromatic N) is 4. The molecule has 2 aliphatic rings. The molecule has 3 atom stereocenters. The number of hydrogen-bond acceptors (Lipinski definition) is 11. The molecule has 0 aliphatic carbocycles. The largest absolute Gasteiger partial charge is 1.00 e. The molecule has 0 spiro atoms. The van der Waals surface area contributed by atoms with Crippen LogP contribution in [0.2, 0.25) is 0 Å². The molecule has 152 valence electrons. The quantitative estimate of drug-likeness (QED) is 0.243. The maximum absolute atomic E-state index is 12.9. The van der Waals surface area contributed by atoms with Gasteiger partial charge in [0, 0.05) is 0 Å². The summed E-state index contributed by atoms with van der Waals surface area (Å²) >= 11 is 0. The summed E-state index contributed by atoms with van der Waals surface area (Å²) in [6.07, 6.45) is -0.351. The van der Waals surface area contributed by atoms with Crippen LogP contribution in [0.5, 0.6) is 0 Å². The molecule has 2 fully saturated rings. The van der Waals surface area contributed by atoms with Crippen molar-refractivity contribution >= 4 is 33.7 Å². The van der Waals surface area contributed by atoms with E-state index >= 15 is 0 Å². The summed E-state index contributed by atoms with van der Waals surface area (Å²) in [6, 6.07) is -1.81. The van der Waals surface area contributed by atoms with Crippen molar-refractivity contribution in [1.29, 1.82) is 0 Å². The first-order valence-corrected chi connectivity index (χ1v) is 9.41. The van der Waals surface area contributed by atoms with Gasteiger partial charge in [0.05, 0.1) is 39.2 Å². The second-order valence-electron chi connectivity index (χ2n) is 6.47. The van der Waals surface area contributed by atoms with Crippen molar-refractivity contribution in [3.63, 3.8) is 0 Å². The van der Waals surface area contributed by atoms with E-state index in [9.17, 15) is 32.7 Å². The zero-order valence-corrected chi connectivity index (χ0v) is 18.8. The molecule has 0 aromatic carbocycles. The van der Waals surface area contributed by atoms with Crippen molar-refractivity contribution in [2.45, 2.75) is 36.1 Å². The van der Waals surface area contributed by atoms with Crippen LogP contribution in [-0.2, 0) is 35.4 Å². The summed E-state index contributed by atoms with van der Waals surface area (Å²) in [5.74, 6) is -4.50. The molecule has 1 amide bonds.